The number of hydrogen-bond acceptors (Lipinski definition) is 1. The number of rotatable bonds is 5. The molecule has 0 amide bonds. The minimum Gasteiger partial charge on any atom is -0.314 e. The van der Waals surface area contributed by atoms with Crippen LogP contribution in [0.4, 0.5) is 0 Å². The van der Waals surface area contributed by atoms with E-state index in [0.717, 1.165) is 12.0 Å². The summed E-state index contributed by atoms with van der Waals surface area (Å²) in [4.78, 5) is 0. The summed E-state index contributed by atoms with van der Waals surface area (Å²) in [5.41, 5.74) is 0.460. The van der Waals surface area contributed by atoms with Gasteiger partial charge in [-0.15, -0.1) is 0 Å². The fraction of sp³-hybridized carbons (Fsp3) is 1.00. The third-order valence-electron chi connectivity index (χ3n) is 3.31. The minimum atomic E-state index is -0.922. The lowest BCUT2D eigenvalue weighted by atomic mass is 9.82. The van der Waals surface area contributed by atoms with E-state index in [2.05, 4.69) is 45.7 Å². The lowest BCUT2D eigenvalue weighted by molar-refractivity contribution is 0.250. The second kappa shape index (κ2) is 4.58. The molecule has 1 fully saturated rings. The maximum absolute atomic E-state index is 3.71. The largest absolute Gasteiger partial charge is 0.314 e. The molecule has 0 bridgehead atoms. The SMILES string of the molecule is CC(C)(C)C(CNC1CC1)C[Si](C)(C)C. The number of hydrogen-bond donors (Lipinski definition) is 1. The van der Waals surface area contributed by atoms with Crippen LogP contribution in [0.5, 0.6) is 0 Å². The highest BCUT2D eigenvalue weighted by Gasteiger charge is 2.31. The van der Waals surface area contributed by atoms with E-state index in [4.69, 9.17) is 0 Å². The summed E-state index contributed by atoms with van der Waals surface area (Å²) in [6, 6.07) is 2.31. The van der Waals surface area contributed by atoms with E-state index >= 15 is 0 Å². The maximum Gasteiger partial charge on any atom is 0.0446 e. The van der Waals surface area contributed by atoms with Gasteiger partial charge in [0, 0.05) is 14.1 Å². The minimum absolute atomic E-state index is 0.460. The molecule has 1 saturated carbocycles. The van der Waals surface area contributed by atoms with E-state index in [1.54, 1.807) is 0 Å². The highest BCUT2D eigenvalue weighted by molar-refractivity contribution is 6.76. The van der Waals surface area contributed by atoms with Gasteiger partial charge in [-0.25, -0.2) is 0 Å². The molecular weight excluding hydrogens is 198 g/mol. The summed E-state index contributed by atoms with van der Waals surface area (Å²) in [6.07, 6.45) is 2.81. The molecule has 15 heavy (non-hydrogen) atoms. The van der Waals surface area contributed by atoms with E-state index < -0.39 is 8.07 Å². The van der Waals surface area contributed by atoms with Crippen molar-refractivity contribution in [3.05, 3.63) is 0 Å². The molecule has 90 valence electrons. The fourth-order valence-electron chi connectivity index (χ4n) is 2.02. The first-order valence-electron chi connectivity index (χ1n) is 6.42. The third-order valence-corrected chi connectivity index (χ3v) is 5.03. The van der Waals surface area contributed by atoms with Gasteiger partial charge in [-0.2, -0.15) is 0 Å². The first-order chi connectivity index (χ1) is 6.68. The molecule has 1 unspecified atom stereocenters. The van der Waals surface area contributed by atoms with Gasteiger partial charge in [-0.05, 0) is 30.7 Å². The van der Waals surface area contributed by atoms with Gasteiger partial charge in [0.25, 0.3) is 0 Å². The average molecular weight is 227 g/mol. The van der Waals surface area contributed by atoms with Gasteiger partial charge in [0.1, 0.15) is 0 Å². The molecule has 0 radical (unpaired) electrons. The summed E-state index contributed by atoms with van der Waals surface area (Å²) in [5, 5.41) is 3.71. The Morgan fingerprint density at radius 3 is 2.07 bits per heavy atom. The van der Waals surface area contributed by atoms with Crippen molar-refractivity contribution in [2.75, 3.05) is 6.54 Å². The van der Waals surface area contributed by atoms with Gasteiger partial charge >= 0.3 is 0 Å². The summed E-state index contributed by atoms with van der Waals surface area (Å²) in [7, 11) is -0.922. The molecule has 1 rings (SSSR count). The Balaban J connectivity index is 2.44. The van der Waals surface area contributed by atoms with E-state index in [1.165, 1.54) is 25.4 Å². The predicted octanol–water partition coefficient (Wildman–Crippen LogP) is 3.74. The monoisotopic (exact) mass is 227 g/mol. The van der Waals surface area contributed by atoms with E-state index in [0.29, 0.717) is 5.41 Å². The lowest BCUT2D eigenvalue weighted by Gasteiger charge is -2.35. The topological polar surface area (TPSA) is 12.0 Å². The van der Waals surface area contributed by atoms with Crippen LogP contribution in [0.15, 0.2) is 0 Å². The van der Waals surface area contributed by atoms with Crippen LogP contribution in [0, 0.1) is 11.3 Å². The molecule has 1 nitrogen and oxygen atoms in total. The van der Waals surface area contributed by atoms with Crippen molar-refractivity contribution in [2.45, 2.75) is 65.3 Å². The Labute approximate surface area is 97.0 Å². The molecule has 1 aliphatic rings. The molecule has 0 spiro atoms. The maximum atomic E-state index is 3.71. The third kappa shape index (κ3) is 5.72. The Morgan fingerprint density at radius 1 is 1.20 bits per heavy atom. The smallest absolute Gasteiger partial charge is 0.0446 e. The lowest BCUT2D eigenvalue weighted by Crippen LogP contribution is -2.38. The van der Waals surface area contributed by atoms with Crippen molar-refractivity contribution < 1.29 is 0 Å². The van der Waals surface area contributed by atoms with E-state index in [9.17, 15) is 0 Å². The van der Waals surface area contributed by atoms with Crippen LogP contribution in [0.1, 0.15) is 33.6 Å². The quantitative estimate of drug-likeness (QED) is 0.706. The summed E-state index contributed by atoms with van der Waals surface area (Å²) in [5.74, 6) is 0.852. The second-order valence-corrected chi connectivity index (χ2v) is 13.0. The Kier molecular flexibility index (Phi) is 4.05. The summed E-state index contributed by atoms with van der Waals surface area (Å²) in [6.45, 7) is 15.9. The van der Waals surface area contributed by atoms with Gasteiger partial charge < -0.3 is 5.32 Å². The van der Waals surface area contributed by atoms with Crippen molar-refractivity contribution in [1.82, 2.24) is 5.32 Å². The average Bonchev–Trinajstić information content (AvgIpc) is 2.76. The number of nitrogens with one attached hydrogen (secondary N) is 1. The summed E-state index contributed by atoms with van der Waals surface area (Å²) >= 11 is 0. The molecule has 0 aromatic heterocycles. The molecule has 0 aromatic rings. The van der Waals surface area contributed by atoms with Gasteiger partial charge in [0.05, 0.1) is 0 Å². The van der Waals surface area contributed by atoms with Crippen molar-refractivity contribution in [1.29, 1.82) is 0 Å². The first-order valence-corrected chi connectivity index (χ1v) is 10.1. The van der Waals surface area contributed by atoms with Crippen molar-refractivity contribution >= 4 is 8.07 Å². The molecule has 2 heteroatoms. The molecule has 0 aromatic carbocycles. The summed E-state index contributed by atoms with van der Waals surface area (Å²) < 4.78 is 0. The normalized spacial score (nSPS) is 20.4. The highest BCUT2D eigenvalue weighted by Crippen LogP contribution is 2.33. The molecule has 0 saturated heterocycles. The van der Waals surface area contributed by atoms with Crippen molar-refractivity contribution in [3.63, 3.8) is 0 Å². The zero-order valence-corrected chi connectivity index (χ0v) is 12.5. The van der Waals surface area contributed by atoms with Crippen LogP contribution in [0.2, 0.25) is 25.7 Å². The zero-order valence-electron chi connectivity index (χ0n) is 11.5. The Bertz CT molecular complexity index is 196. The van der Waals surface area contributed by atoms with Crippen LogP contribution in [0.3, 0.4) is 0 Å². The Morgan fingerprint density at radius 2 is 1.73 bits per heavy atom. The van der Waals surface area contributed by atoms with Gasteiger partial charge in [-0.3, -0.25) is 0 Å². The van der Waals surface area contributed by atoms with Crippen LogP contribution in [-0.2, 0) is 0 Å². The zero-order chi connectivity index (χ0) is 11.7. The Hall–Kier alpha value is 0.177. The van der Waals surface area contributed by atoms with Crippen molar-refractivity contribution in [2.24, 2.45) is 11.3 Å². The molecule has 0 heterocycles. The molecule has 1 N–H and O–H groups in total. The predicted molar refractivity (Wildman–Crippen MR) is 72.1 cm³/mol. The van der Waals surface area contributed by atoms with E-state index in [-0.39, 0.29) is 0 Å². The molecule has 1 atom stereocenters. The van der Waals surface area contributed by atoms with Crippen LogP contribution < -0.4 is 5.32 Å². The van der Waals surface area contributed by atoms with Gasteiger partial charge in [0.2, 0.25) is 0 Å². The van der Waals surface area contributed by atoms with Crippen LogP contribution >= 0.6 is 0 Å². The standard InChI is InChI=1S/C13H29NSi/c1-13(2,3)11(10-15(4,5)6)9-14-12-7-8-12/h11-12,14H,7-10H2,1-6H3. The fourth-order valence-corrected chi connectivity index (χ4v) is 4.26. The van der Waals surface area contributed by atoms with Crippen LogP contribution in [-0.4, -0.2) is 20.7 Å². The van der Waals surface area contributed by atoms with Gasteiger partial charge in [-0.1, -0.05) is 46.5 Å². The van der Waals surface area contributed by atoms with Crippen LogP contribution in [0.25, 0.3) is 0 Å². The molecule has 1 aliphatic carbocycles. The van der Waals surface area contributed by atoms with Crippen molar-refractivity contribution in [3.8, 4) is 0 Å². The molecular formula is C13H29NSi. The second-order valence-electron chi connectivity index (χ2n) is 7.51. The first kappa shape index (κ1) is 13.2. The molecule has 0 aliphatic heterocycles. The van der Waals surface area contributed by atoms with E-state index in [1.807, 2.05) is 0 Å². The highest BCUT2D eigenvalue weighted by atomic mass is 28.3. The van der Waals surface area contributed by atoms with Gasteiger partial charge in [0.15, 0.2) is 0 Å².